The molecule has 0 unspecified atom stereocenters. The monoisotopic (exact) mass is 527 g/mol. The van der Waals surface area contributed by atoms with Gasteiger partial charge in [0.2, 0.25) is 0 Å². The molecule has 28 heavy (non-hydrogen) atoms. The van der Waals surface area contributed by atoms with Gasteiger partial charge in [-0.2, -0.15) is 0 Å². The molecule has 0 atom stereocenters. The van der Waals surface area contributed by atoms with Crippen LogP contribution >= 0.6 is 44.3 Å². The van der Waals surface area contributed by atoms with Crippen LogP contribution in [0.1, 0.15) is 16.7 Å². The van der Waals surface area contributed by atoms with Crippen molar-refractivity contribution >= 4 is 44.3 Å². The second-order valence-corrected chi connectivity index (χ2v) is 7.89. The van der Waals surface area contributed by atoms with Gasteiger partial charge in [-0.25, -0.2) is 4.39 Å². The maximum absolute atomic E-state index is 13.6. The van der Waals surface area contributed by atoms with Gasteiger partial charge in [0, 0.05) is 6.54 Å². The number of nitrogens with one attached hydrogen (secondary N) is 1. The fourth-order valence-corrected chi connectivity index (χ4v) is 4.25. The summed E-state index contributed by atoms with van der Waals surface area (Å²) in [5.41, 5.74) is 2.97. The Balaban J connectivity index is 0.00000280. The zero-order valence-electron chi connectivity index (χ0n) is 15.1. The third-order valence-electron chi connectivity index (χ3n) is 4.14. The van der Waals surface area contributed by atoms with Gasteiger partial charge in [-0.1, -0.05) is 48.5 Å². The molecular formula is C22H21Br2ClFNO. The van der Waals surface area contributed by atoms with E-state index in [0.717, 1.165) is 31.4 Å². The van der Waals surface area contributed by atoms with Crippen molar-refractivity contribution in [2.75, 3.05) is 6.54 Å². The Morgan fingerprint density at radius 3 is 2.18 bits per heavy atom. The number of hydrogen-bond acceptors (Lipinski definition) is 2. The molecule has 0 fully saturated rings. The van der Waals surface area contributed by atoms with Gasteiger partial charge < -0.3 is 10.1 Å². The number of rotatable bonds is 8. The Kier molecular flexibility index (Phi) is 9.45. The molecule has 6 heteroatoms. The zero-order chi connectivity index (χ0) is 19.1. The Bertz CT molecular complexity index is 870. The average Bonchev–Trinajstić information content (AvgIpc) is 2.67. The SMILES string of the molecule is Cl.Fc1ccccc1CCNCc1cc(Br)c(OCc2ccccc2)c(Br)c1. The molecule has 0 saturated carbocycles. The highest BCUT2D eigenvalue weighted by Gasteiger charge is 2.09. The molecule has 0 heterocycles. The van der Waals surface area contributed by atoms with Crippen LogP contribution in [0, 0.1) is 5.82 Å². The molecule has 0 amide bonds. The first kappa shape index (κ1) is 22.9. The summed E-state index contributed by atoms with van der Waals surface area (Å²) in [6.45, 7) is 1.92. The predicted octanol–water partition coefficient (Wildman–Crippen LogP) is 6.68. The molecule has 0 aliphatic carbocycles. The van der Waals surface area contributed by atoms with Crippen LogP contribution in [-0.4, -0.2) is 6.54 Å². The minimum absolute atomic E-state index is 0. The summed E-state index contributed by atoms with van der Waals surface area (Å²) in [6, 6.07) is 21.0. The van der Waals surface area contributed by atoms with Gasteiger partial charge >= 0.3 is 0 Å². The first-order chi connectivity index (χ1) is 13.1. The van der Waals surface area contributed by atoms with Crippen LogP contribution in [-0.2, 0) is 19.6 Å². The third-order valence-corrected chi connectivity index (χ3v) is 5.32. The molecular weight excluding hydrogens is 509 g/mol. The van der Waals surface area contributed by atoms with E-state index in [9.17, 15) is 4.39 Å². The topological polar surface area (TPSA) is 21.3 Å². The summed E-state index contributed by atoms with van der Waals surface area (Å²) in [5.74, 6) is 0.638. The van der Waals surface area contributed by atoms with Crippen molar-refractivity contribution in [2.24, 2.45) is 0 Å². The summed E-state index contributed by atoms with van der Waals surface area (Å²) in [5, 5.41) is 3.36. The highest BCUT2D eigenvalue weighted by molar-refractivity contribution is 9.11. The van der Waals surface area contributed by atoms with Crippen molar-refractivity contribution < 1.29 is 9.13 Å². The van der Waals surface area contributed by atoms with Crippen LogP contribution in [0.15, 0.2) is 75.7 Å². The van der Waals surface area contributed by atoms with E-state index < -0.39 is 0 Å². The summed E-state index contributed by atoms with van der Waals surface area (Å²) >= 11 is 7.19. The van der Waals surface area contributed by atoms with E-state index >= 15 is 0 Å². The molecule has 0 aliphatic rings. The minimum atomic E-state index is -0.148. The molecule has 0 aromatic heterocycles. The van der Waals surface area contributed by atoms with E-state index in [1.54, 1.807) is 6.07 Å². The highest BCUT2D eigenvalue weighted by atomic mass is 79.9. The van der Waals surface area contributed by atoms with Gasteiger partial charge in [-0.05, 0) is 79.7 Å². The lowest BCUT2D eigenvalue weighted by Gasteiger charge is -2.13. The molecule has 0 saturated heterocycles. The van der Waals surface area contributed by atoms with Crippen molar-refractivity contribution in [3.63, 3.8) is 0 Å². The van der Waals surface area contributed by atoms with Crippen LogP contribution in [0.2, 0.25) is 0 Å². The molecule has 1 N–H and O–H groups in total. The summed E-state index contributed by atoms with van der Waals surface area (Å²) in [6.07, 6.45) is 0.660. The molecule has 0 aliphatic heterocycles. The lowest BCUT2D eigenvalue weighted by molar-refractivity contribution is 0.302. The first-order valence-corrected chi connectivity index (χ1v) is 10.3. The lowest BCUT2D eigenvalue weighted by Crippen LogP contribution is -2.17. The van der Waals surface area contributed by atoms with Crippen LogP contribution in [0.4, 0.5) is 4.39 Å². The van der Waals surface area contributed by atoms with Gasteiger partial charge in [-0.15, -0.1) is 12.4 Å². The maximum Gasteiger partial charge on any atom is 0.148 e. The standard InChI is InChI=1S/C22H20Br2FNO.ClH/c23-19-12-17(14-26-11-10-18-8-4-5-9-21(18)25)13-20(24)22(19)27-15-16-6-2-1-3-7-16;/h1-9,12-13,26H,10-11,14-15H2;1H. The molecule has 3 rings (SSSR count). The smallest absolute Gasteiger partial charge is 0.148 e. The van der Waals surface area contributed by atoms with Crippen molar-refractivity contribution in [1.82, 2.24) is 5.32 Å². The molecule has 3 aromatic carbocycles. The van der Waals surface area contributed by atoms with E-state index in [0.29, 0.717) is 26.1 Å². The van der Waals surface area contributed by atoms with Crippen LogP contribution in [0.5, 0.6) is 5.75 Å². The largest absolute Gasteiger partial charge is 0.487 e. The molecule has 148 valence electrons. The van der Waals surface area contributed by atoms with Gasteiger partial charge in [-0.3, -0.25) is 0 Å². The lowest BCUT2D eigenvalue weighted by atomic mass is 10.1. The fourth-order valence-electron chi connectivity index (χ4n) is 2.74. The maximum atomic E-state index is 13.6. The van der Waals surface area contributed by atoms with Crippen molar-refractivity contribution in [2.45, 2.75) is 19.6 Å². The summed E-state index contributed by atoms with van der Waals surface area (Å²) in [7, 11) is 0. The van der Waals surface area contributed by atoms with E-state index in [1.807, 2.05) is 54.6 Å². The van der Waals surface area contributed by atoms with Crippen LogP contribution < -0.4 is 10.1 Å². The predicted molar refractivity (Wildman–Crippen MR) is 122 cm³/mol. The normalized spacial score (nSPS) is 10.4. The Morgan fingerprint density at radius 2 is 1.50 bits per heavy atom. The minimum Gasteiger partial charge on any atom is -0.487 e. The zero-order valence-corrected chi connectivity index (χ0v) is 19.1. The second kappa shape index (κ2) is 11.6. The Hall–Kier alpha value is -1.40. The summed E-state index contributed by atoms with van der Waals surface area (Å²) < 4.78 is 21.4. The average molecular weight is 530 g/mol. The molecule has 3 aromatic rings. The third kappa shape index (κ3) is 6.59. The molecule has 2 nitrogen and oxygen atoms in total. The quantitative estimate of drug-likeness (QED) is 0.329. The van der Waals surface area contributed by atoms with Gasteiger partial charge in [0.05, 0.1) is 8.95 Å². The van der Waals surface area contributed by atoms with Gasteiger partial charge in [0.1, 0.15) is 18.2 Å². The van der Waals surface area contributed by atoms with E-state index in [1.165, 1.54) is 6.07 Å². The van der Waals surface area contributed by atoms with Crippen LogP contribution in [0.3, 0.4) is 0 Å². The number of halogens is 4. The Labute approximate surface area is 188 Å². The van der Waals surface area contributed by atoms with Crippen LogP contribution in [0.25, 0.3) is 0 Å². The first-order valence-electron chi connectivity index (χ1n) is 8.72. The number of ether oxygens (including phenoxy) is 1. The number of hydrogen-bond donors (Lipinski definition) is 1. The molecule has 0 bridgehead atoms. The summed E-state index contributed by atoms with van der Waals surface area (Å²) in [4.78, 5) is 0. The Morgan fingerprint density at radius 1 is 0.857 bits per heavy atom. The van der Waals surface area contributed by atoms with E-state index in [2.05, 4.69) is 37.2 Å². The number of benzene rings is 3. The second-order valence-electron chi connectivity index (χ2n) is 6.18. The van der Waals surface area contributed by atoms with E-state index in [-0.39, 0.29) is 18.2 Å². The molecule has 0 spiro atoms. The van der Waals surface area contributed by atoms with Crippen molar-refractivity contribution in [3.05, 3.63) is 98.2 Å². The van der Waals surface area contributed by atoms with Crippen molar-refractivity contribution in [1.29, 1.82) is 0 Å². The van der Waals surface area contributed by atoms with Gasteiger partial charge in [0.25, 0.3) is 0 Å². The molecule has 0 radical (unpaired) electrons. The van der Waals surface area contributed by atoms with Crippen molar-refractivity contribution in [3.8, 4) is 5.75 Å². The fraction of sp³-hybridized carbons (Fsp3) is 0.182. The van der Waals surface area contributed by atoms with E-state index in [4.69, 9.17) is 4.74 Å². The highest BCUT2D eigenvalue weighted by Crippen LogP contribution is 2.35. The van der Waals surface area contributed by atoms with Gasteiger partial charge in [0.15, 0.2) is 0 Å².